The van der Waals surface area contributed by atoms with Crippen molar-refractivity contribution in [2.45, 2.75) is 19.4 Å². The summed E-state index contributed by atoms with van der Waals surface area (Å²) >= 11 is 0. The summed E-state index contributed by atoms with van der Waals surface area (Å²) in [6.45, 7) is 5.82. The molecule has 2 aromatic heterocycles. The summed E-state index contributed by atoms with van der Waals surface area (Å²) in [4.78, 5) is 20.9. The van der Waals surface area contributed by atoms with E-state index in [2.05, 4.69) is 21.9 Å². The highest BCUT2D eigenvalue weighted by atomic mass is 16.5. The lowest BCUT2D eigenvalue weighted by Crippen LogP contribution is -2.28. The van der Waals surface area contributed by atoms with Crippen LogP contribution in [0.5, 0.6) is 0 Å². The molecule has 1 unspecified atom stereocenters. The molecule has 0 saturated carbocycles. The number of fused-ring (bicyclic) bond motifs is 1. The molecule has 25 heavy (non-hydrogen) atoms. The first kappa shape index (κ1) is 16.9. The Kier molecular flexibility index (Phi) is 5.20. The normalized spacial score (nSPS) is 12.0. The van der Waals surface area contributed by atoms with Gasteiger partial charge in [0.15, 0.2) is 0 Å². The summed E-state index contributed by atoms with van der Waals surface area (Å²) < 4.78 is 7.34. The van der Waals surface area contributed by atoms with Gasteiger partial charge in [0, 0.05) is 0 Å². The van der Waals surface area contributed by atoms with Gasteiger partial charge < -0.3 is 10.1 Å². The highest BCUT2D eigenvalue weighted by molar-refractivity contribution is 5.93. The van der Waals surface area contributed by atoms with Gasteiger partial charge in [-0.3, -0.25) is 9.36 Å². The lowest BCUT2D eigenvalue weighted by atomic mass is 10.3. The number of aromatic nitrogens is 3. The Morgan fingerprint density at radius 1 is 1.32 bits per heavy atom. The number of nitrogens with one attached hydrogen (secondary N) is 1. The van der Waals surface area contributed by atoms with Crippen LogP contribution in [-0.4, -0.2) is 33.2 Å². The van der Waals surface area contributed by atoms with E-state index < -0.39 is 6.10 Å². The molecule has 0 aliphatic heterocycles. The maximum atomic E-state index is 12.1. The van der Waals surface area contributed by atoms with Crippen molar-refractivity contribution in [1.82, 2.24) is 14.5 Å². The molecule has 3 rings (SSSR count). The van der Waals surface area contributed by atoms with Gasteiger partial charge in [-0.2, -0.15) is 0 Å². The standard InChI is InChI=1S/C19H20N4O2/c1-3-4-11-25-14(2)19(24)22-15-9-10-18(20-12-15)23-13-21-16-7-5-6-8-17(16)23/h3,5-10,12-14H,1,4,11H2,2H3,(H,22,24). The van der Waals surface area contributed by atoms with Gasteiger partial charge in [0.05, 0.1) is 29.5 Å². The topological polar surface area (TPSA) is 69.0 Å². The molecule has 3 aromatic rings. The fourth-order valence-corrected chi connectivity index (χ4v) is 2.39. The molecule has 6 heteroatoms. The molecule has 128 valence electrons. The Morgan fingerprint density at radius 2 is 2.16 bits per heavy atom. The highest BCUT2D eigenvalue weighted by Crippen LogP contribution is 2.17. The van der Waals surface area contributed by atoms with Crippen LogP contribution in [0.15, 0.2) is 61.6 Å². The zero-order valence-electron chi connectivity index (χ0n) is 14.1. The SMILES string of the molecule is C=CCCOC(C)C(=O)Nc1ccc(-n2cnc3ccccc32)nc1. The van der Waals surface area contributed by atoms with Gasteiger partial charge in [0.2, 0.25) is 0 Å². The Balaban J connectivity index is 1.68. The van der Waals surface area contributed by atoms with Crippen molar-refractivity contribution in [3.8, 4) is 5.82 Å². The van der Waals surface area contributed by atoms with Crippen molar-refractivity contribution >= 4 is 22.6 Å². The van der Waals surface area contributed by atoms with Crippen molar-refractivity contribution in [2.75, 3.05) is 11.9 Å². The zero-order chi connectivity index (χ0) is 17.6. The second-order valence-corrected chi connectivity index (χ2v) is 5.59. The number of rotatable bonds is 7. The number of hydrogen-bond acceptors (Lipinski definition) is 4. The summed E-state index contributed by atoms with van der Waals surface area (Å²) in [6, 6.07) is 11.5. The van der Waals surface area contributed by atoms with E-state index >= 15 is 0 Å². The fourth-order valence-electron chi connectivity index (χ4n) is 2.39. The number of ether oxygens (including phenoxy) is 1. The maximum Gasteiger partial charge on any atom is 0.253 e. The van der Waals surface area contributed by atoms with E-state index in [1.165, 1.54) is 0 Å². The molecule has 0 radical (unpaired) electrons. The molecule has 6 nitrogen and oxygen atoms in total. The zero-order valence-corrected chi connectivity index (χ0v) is 14.1. The molecule has 0 bridgehead atoms. The number of imidazole rings is 1. The van der Waals surface area contributed by atoms with Gasteiger partial charge >= 0.3 is 0 Å². The van der Waals surface area contributed by atoms with E-state index in [1.54, 1.807) is 25.5 Å². The third-order valence-corrected chi connectivity index (χ3v) is 3.77. The Bertz CT molecular complexity index is 871. The molecule has 0 fully saturated rings. The number of carbonyl (C=O) groups excluding carboxylic acids is 1. The predicted octanol–water partition coefficient (Wildman–Crippen LogP) is 3.34. The number of carbonyl (C=O) groups is 1. The van der Waals surface area contributed by atoms with Crippen LogP contribution in [0.25, 0.3) is 16.9 Å². The van der Waals surface area contributed by atoms with Gasteiger partial charge in [-0.1, -0.05) is 18.2 Å². The minimum Gasteiger partial charge on any atom is -0.368 e. The average molecular weight is 336 g/mol. The third-order valence-electron chi connectivity index (χ3n) is 3.77. The number of nitrogens with zero attached hydrogens (tertiary/aromatic N) is 3. The molecule has 1 N–H and O–H groups in total. The van der Waals surface area contributed by atoms with E-state index in [4.69, 9.17) is 4.74 Å². The van der Waals surface area contributed by atoms with Crippen LogP contribution in [0.4, 0.5) is 5.69 Å². The first-order valence-electron chi connectivity index (χ1n) is 8.11. The molecule has 0 spiro atoms. The smallest absolute Gasteiger partial charge is 0.253 e. The van der Waals surface area contributed by atoms with Crippen LogP contribution in [0, 0.1) is 0 Å². The second-order valence-electron chi connectivity index (χ2n) is 5.59. The van der Waals surface area contributed by atoms with E-state index in [-0.39, 0.29) is 5.91 Å². The predicted molar refractivity (Wildman–Crippen MR) is 97.7 cm³/mol. The van der Waals surface area contributed by atoms with Gasteiger partial charge in [0.1, 0.15) is 18.2 Å². The monoisotopic (exact) mass is 336 g/mol. The molecule has 0 saturated heterocycles. The van der Waals surface area contributed by atoms with Gasteiger partial charge in [-0.15, -0.1) is 6.58 Å². The quantitative estimate of drug-likeness (QED) is 0.531. The first-order valence-corrected chi connectivity index (χ1v) is 8.11. The molecule has 1 atom stereocenters. The Labute approximate surface area is 146 Å². The van der Waals surface area contributed by atoms with Crippen molar-refractivity contribution in [3.63, 3.8) is 0 Å². The van der Waals surface area contributed by atoms with Crippen LogP contribution < -0.4 is 5.32 Å². The maximum absolute atomic E-state index is 12.1. The summed E-state index contributed by atoms with van der Waals surface area (Å²) in [5, 5.41) is 2.80. The minimum atomic E-state index is -0.530. The molecular weight excluding hydrogens is 316 g/mol. The van der Waals surface area contributed by atoms with E-state index in [9.17, 15) is 4.79 Å². The van der Waals surface area contributed by atoms with Crippen LogP contribution in [0.3, 0.4) is 0 Å². The largest absolute Gasteiger partial charge is 0.368 e. The summed E-state index contributed by atoms with van der Waals surface area (Å²) in [5.74, 6) is 0.536. The average Bonchev–Trinajstić information content (AvgIpc) is 3.06. The van der Waals surface area contributed by atoms with E-state index in [0.29, 0.717) is 18.7 Å². The molecule has 1 aromatic carbocycles. The number of para-hydroxylation sites is 2. The molecule has 0 aliphatic carbocycles. The number of hydrogen-bond donors (Lipinski definition) is 1. The lowest BCUT2D eigenvalue weighted by molar-refractivity contribution is -0.126. The molecule has 0 aliphatic rings. The fraction of sp³-hybridized carbons (Fsp3) is 0.211. The van der Waals surface area contributed by atoms with Crippen LogP contribution >= 0.6 is 0 Å². The highest BCUT2D eigenvalue weighted by Gasteiger charge is 2.13. The Morgan fingerprint density at radius 3 is 2.92 bits per heavy atom. The molecule has 1 amide bonds. The minimum absolute atomic E-state index is 0.202. The number of anilines is 1. The van der Waals surface area contributed by atoms with Crippen LogP contribution in [0.1, 0.15) is 13.3 Å². The second kappa shape index (κ2) is 7.72. The lowest BCUT2D eigenvalue weighted by Gasteiger charge is -2.13. The first-order chi connectivity index (χ1) is 12.2. The van der Waals surface area contributed by atoms with Crippen LogP contribution in [-0.2, 0) is 9.53 Å². The van der Waals surface area contributed by atoms with Crippen molar-refractivity contribution in [2.24, 2.45) is 0 Å². The van der Waals surface area contributed by atoms with E-state index in [1.807, 2.05) is 41.0 Å². The molecule has 2 heterocycles. The number of pyridine rings is 1. The van der Waals surface area contributed by atoms with Gasteiger partial charge in [-0.05, 0) is 37.6 Å². The van der Waals surface area contributed by atoms with Gasteiger partial charge in [-0.25, -0.2) is 9.97 Å². The summed E-state index contributed by atoms with van der Waals surface area (Å²) in [7, 11) is 0. The number of amides is 1. The third kappa shape index (κ3) is 3.92. The Hall–Kier alpha value is -2.99. The van der Waals surface area contributed by atoms with Crippen LogP contribution in [0.2, 0.25) is 0 Å². The van der Waals surface area contributed by atoms with Crippen molar-refractivity contribution in [1.29, 1.82) is 0 Å². The molecular formula is C19H20N4O2. The van der Waals surface area contributed by atoms with Gasteiger partial charge in [0.25, 0.3) is 5.91 Å². The van der Waals surface area contributed by atoms with Crippen molar-refractivity contribution < 1.29 is 9.53 Å². The summed E-state index contributed by atoms with van der Waals surface area (Å²) in [6.07, 6.45) is 5.30. The van der Waals surface area contributed by atoms with Crippen molar-refractivity contribution in [3.05, 3.63) is 61.6 Å². The summed E-state index contributed by atoms with van der Waals surface area (Å²) in [5.41, 5.74) is 2.51. The number of benzene rings is 1. The van der Waals surface area contributed by atoms with E-state index in [0.717, 1.165) is 16.9 Å².